The molecule has 0 aliphatic carbocycles. The van der Waals surface area contributed by atoms with Crippen molar-refractivity contribution in [2.24, 2.45) is 0 Å². The van der Waals surface area contributed by atoms with Crippen molar-refractivity contribution >= 4 is 40.9 Å². The molecule has 0 saturated carbocycles. The minimum Gasteiger partial charge on any atom is -0.508 e. The molecule has 0 atom stereocenters. The lowest BCUT2D eigenvalue weighted by molar-refractivity contribution is 0.201. The topological polar surface area (TPSA) is 139 Å². The number of aliphatic hydroxyl groups is 1. The Morgan fingerprint density at radius 2 is 1.86 bits per heavy atom. The molecule has 6 rings (SSSR count). The lowest BCUT2D eigenvalue weighted by Gasteiger charge is -2.19. The van der Waals surface area contributed by atoms with E-state index in [9.17, 15) is 15.0 Å². The van der Waals surface area contributed by atoms with Gasteiger partial charge in [-0.3, -0.25) is 9.72 Å². The van der Waals surface area contributed by atoms with Crippen LogP contribution >= 0.6 is 23.4 Å². The maximum Gasteiger partial charge on any atom is 0.320 e. The van der Waals surface area contributed by atoms with Crippen LogP contribution in [0.15, 0.2) is 101 Å². The summed E-state index contributed by atoms with van der Waals surface area (Å²) >= 11 is 7.97. The molecule has 0 radical (unpaired) electrons. The van der Waals surface area contributed by atoms with Gasteiger partial charge in [0.25, 0.3) is 0 Å². The van der Waals surface area contributed by atoms with E-state index >= 15 is 0 Å². The van der Waals surface area contributed by atoms with E-state index in [4.69, 9.17) is 21.4 Å². The molecule has 252 valence electrons. The Labute approximate surface area is 292 Å². The Morgan fingerprint density at radius 1 is 1.02 bits per heavy atom. The van der Waals surface area contributed by atoms with E-state index in [1.165, 1.54) is 6.07 Å². The summed E-state index contributed by atoms with van der Waals surface area (Å²) in [6, 6.07) is 25.3. The molecule has 49 heavy (non-hydrogen) atoms. The van der Waals surface area contributed by atoms with Gasteiger partial charge in [-0.05, 0) is 60.5 Å². The summed E-state index contributed by atoms with van der Waals surface area (Å²) < 4.78 is 9.14. The molecule has 3 aromatic carbocycles. The fourth-order valence-electron chi connectivity index (χ4n) is 5.06. The van der Waals surface area contributed by atoms with Crippen LogP contribution in [0.4, 0.5) is 10.6 Å². The molecule has 11 nitrogen and oxygen atoms in total. The molecule has 3 heterocycles. The number of anilines is 1. The molecule has 0 fully saturated rings. The van der Waals surface area contributed by atoms with E-state index in [0.29, 0.717) is 39.3 Å². The lowest BCUT2D eigenvalue weighted by atomic mass is 9.87. The molecule has 0 aliphatic heterocycles. The monoisotopic (exact) mass is 697 g/mol. The van der Waals surface area contributed by atoms with Gasteiger partial charge >= 0.3 is 6.03 Å². The number of carbonyl (C=O) groups excluding carboxylic acids is 1. The van der Waals surface area contributed by atoms with E-state index in [0.717, 1.165) is 27.5 Å². The highest BCUT2D eigenvalue weighted by Gasteiger charge is 2.25. The summed E-state index contributed by atoms with van der Waals surface area (Å²) in [6.45, 7) is 6.69. The summed E-state index contributed by atoms with van der Waals surface area (Å²) in [5.74, 6) is 1.70. The molecule has 2 amide bonds. The van der Waals surface area contributed by atoms with Crippen LogP contribution in [-0.2, 0) is 12.0 Å². The predicted molar refractivity (Wildman–Crippen MR) is 191 cm³/mol. The van der Waals surface area contributed by atoms with E-state index in [1.807, 2.05) is 77.3 Å². The number of nitrogens with one attached hydrogen (secondary N) is 2. The molecule has 0 saturated heterocycles. The second-order valence-corrected chi connectivity index (χ2v) is 13.5. The van der Waals surface area contributed by atoms with Crippen LogP contribution in [0.1, 0.15) is 38.4 Å². The highest BCUT2D eigenvalue weighted by atomic mass is 35.5. The number of pyridine rings is 1. The number of aromatic hydroxyl groups is 1. The second kappa shape index (κ2) is 14.6. The zero-order valence-corrected chi connectivity index (χ0v) is 28.8. The standard InChI is InChI=1S/C36H36ClN7O4S/c1-4-36(2,3)31-20-33(44(42-31)24-9-7-10-26(18-24)48-17-16-45)39-35(47)38-21-23-8-5-6-11-30(23)49-27-13-15-32-40-41-34(43(32)22-27)28-19-25(46)12-14-29(28)37/h5-15,18-20,22,45-46H,4,16-17,21H2,1-3H3,(H2,38,39,47). The lowest BCUT2D eigenvalue weighted by Crippen LogP contribution is -2.29. The van der Waals surface area contributed by atoms with Crippen LogP contribution in [-0.4, -0.2) is 53.8 Å². The summed E-state index contributed by atoms with van der Waals surface area (Å²) in [5.41, 5.74) is 3.47. The molecular formula is C36H36ClN7O4S. The SMILES string of the molecule is CCC(C)(C)c1cc(NC(=O)NCc2ccccc2Sc2ccc3nnc(-c4cc(O)ccc4Cl)n3c2)n(-c2cccc(OCCO)c2)n1. The number of urea groups is 1. The smallest absolute Gasteiger partial charge is 0.320 e. The number of benzene rings is 3. The van der Waals surface area contributed by atoms with Gasteiger partial charge in [-0.2, -0.15) is 5.10 Å². The largest absolute Gasteiger partial charge is 0.508 e. The number of nitrogens with zero attached hydrogens (tertiary/aromatic N) is 5. The maximum atomic E-state index is 13.3. The third-order valence-electron chi connectivity index (χ3n) is 8.16. The fraction of sp³-hybridized carbons (Fsp3) is 0.222. The van der Waals surface area contributed by atoms with Crippen LogP contribution < -0.4 is 15.4 Å². The highest BCUT2D eigenvalue weighted by Crippen LogP contribution is 2.34. The number of carbonyl (C=O) groups is 1. The number of phenols is 1. The first kappa shape index (κ1) is 33.8. The van der Waals surface area contributed by atoms with Crippen LogP contribution in [0.2, 0.25) is 5.02 Å². The number of aromatic nitrogens is 5. The van der Waals surface area contributed by atoms with Crippen molar-refractivity contribution in [3.63, 3.8) is 0 Å². The number of ether oxygens (including phenoxy) is 1. The van der Waals surface area contributed by atoms with Crippen LogP contribution in [0.5, 0.6) is 11.5 Å². The third-order valence-corrected chi connectivity index (χ3v) is 9.58. The number of amides is 2. The zero-order valence-electron chi connectivity index (χ0n) is 27.2. The molecule has 0 bridgehead atoms. The van der Waals surface area contributed by atoms with Gasteiger partial charge in [0.2, 0.25) is 0 Å². The number of hydrogen-bond acceptors (Lipinski definition) is 8. The Morgan fingerprint density at radius 3 is 2.67 bits per heavy atom. The Hall–Kier alpha value is -5.04. The van der Waals surface area contributed by atoms with Gasteiger partial charge in [0.1, 0.15) is 23.9 Å². The molecule has 0 spiro atoms. The summed E-state index contributed by atoms with van der Waals surface area (Å²) in [6.07, 6.45) is 2.78. The number of phenolic OH excluding ortho intramolecular Hbond substituents is 1. The van der Waals surface area contributed by atoms with Gasteiger partial charge in [-0.15, -0.1) is 10.2 Å². The first-order chi connectivity index (χ1) is 23.6. The average Bonchev–Trinajstić information content (AvgIpc) is 3.73. The van der Waals surface area contributed by atoms with Crippen molar-refractivity contribution in [3.05, 3.63) is 107 Å². The quantitative estimate of drug-likeness (QED) is 0.103. The van der Waals surface area contributed by atoms with Crippen molar-refractivity contribution in [2.75, 3.05) is 18.5 Å². The number of aliphatic hydroxyl groups excluding tert-OH is 1. The molecule has 4 N–H and O–H groups in total. The van der Waals surface area contributed by atoms with Gasteiger partial charge in [0, 0.05) is 45.6 Å². The van der Waals surface area contributed by atoms with E-state index in [1.54, 1.807) is 28.6 Å². The Kier molecular flexibility index (Phi) is 10.1. The molecule has 0 unspecified atom stereocenters. The van der Waals surface area contributed by atoms with Gasteiger partial charge in [0.15, 0.2) is 11.5 Å². The fourth-order valence-corrected chi connectivity index (χ4v) is 6.23. The third kappa shape index (κ3) is 7.67. The maximum absolute atomic E-state index is 13.3. The van der Waals surface area contributed by atoms with Gasteiger partial charge < -0.3 is 20.3 Å². The minimum absolute atomic E-state index is 0.0832. The van der Waals surface area contributed by atoms with Crippen LogP contribution in [0.25, 0.3) is 22.7 Å². The molecular weight excluding hydrogens is 662 g/mol. The normalized spacial score (nSPS) is 11.5. The first-order valence-corrected chi connectivity index (χ1v) is 16.9. The number of halogens is 1. The molecule has 3 aromatic heterocycles. The zero-order chi connectivity index (χ0) is 34.5. The van der Waals surface area contributed by atoms with E-state index in [2.05, 4.69) is 41.6 Å². The Balaban J connectivity index is 1.20. The van der Waals surface area contributed by atoms with Crippen molar-refractivity contribution in [1.82, 2.24) is 29.7 Å². The molecule has 13 heteroatoms. The number of rotatable bonds is 12. The van der Waals surface area contributed by atoms with Crippen molar-refractivity contribution in [2.45, 2.75) is 48.9 Å². The average molecular weight is 698 g/mol. The number of hydrogen-bond donors (Lipinski definition) is 4. The summed E-state index contributed by atoms with van der Waals surface area (Å²) in [4.78, 5) is 15.2. The van der Waals surface area contributed by atoms with Gasteiger partial charge in [-0.25, -0.2) is 9.48 Å². The van der Waals surface area contributed by atoms with Crippen molar-refractivity contribution in [3.8, 4) is 28.6 Å². The Bertz CT molecular complexity index is 2110. The van der Waals surface area contributed by atoms with E-state index < -0.39 is 0 Å². The molecule has 6 aromatic rings. The van der Waals surface area contributed by atoms with Gasteiger partial charge in [0.05, 0.1) is 23.0 Å². The molecule has 0 aliphatic rings. The highest BCUT2D eigenvalue weighted by molar-refractivity contribution is 7.99. The predicted octanol–water partition coefficient (Wildman–Crippen LogP) is 7.47. The van der Waals surface area contributed by atoms with Crippen molar-refractivity contribution in [1.29, 1.82) is 0 Å². The first-order valence-electron chi connectivity index (χ1n) is 15.7. The van der Waals surface area contributed by atoms with Gasteiger partial charge in [-0.1, -0.05) is 68.4 Å². The van der Waals surface area contributed by atoms with Crippen LogP contribution in [0.3, 0.4) is 0 Å². The summed E-state index contributed by atoms with van der Waals surface area (Å²) in [5, 5.41) is 39.1. The summed E-state index contributed by atoms with van der Waals surface area (Å²) in [7, 11) is 0. The van der Waals surface area contributed by atoms with E-state index in [-0.39, 0.29) is 37.0 Å². The minimum atomic E-state index is -0.381. The second-order valence-electron chi connectivity index (χ2n) is 11.9. The van der Waals surface area contributed by atoms with Crippen molar-refractivity contribution < 1.29 is 19.7 Å². The van der Waals surface area contributed by atoms with Crippen LogP contribution in [0, 0.1) is 0 Å². The number of fused-ring (bicyclic) bond motifs is 1.